The quantitative estimate of drug-likeness (QED) is 0.580. The summed E-state index contributed by atoms with van der Waals surface area (Å²) in [5, 5.41) is 2.82. The molecule has 0 bridgehead atoms. The molecule has 0 spiro atoms. The number of carbonyl (C=O) groups excluding carboxylic acids is 1. The molecule has 3 N–H and O–H groups in total. The molecule has 7 heteroatoms. The van der Waals surface area contributed by atoms with Gasteiger partial charge in [0.2, 0.25) is 5.91 Å². The smallest absolute Gasteiger partial charge is 0.255 e. The molecule has 1 heterocycles. The predicted molar refractivity (Wildman–Crippen MR) is 92.2 cm³/mol. The van der Waals surface area contributed by atoms with E-state index in [1.165, 1.54) is 0 Å². The second-order valence-electron chi connectivity index (χ2n) is 4.79. The molecule has 0 fully saturated rings. The molecule has 2 rings (SSSR count). The fourth-order valence-electron chi connectivity index (χ4n) is 2.06. The first-order chi connectivity index (χ1) is 10.5. The monoisotopic (exact) mass is 335 g/mol. The van der Waals surface area contributed by atoms with Gasteiger partial charge in [0, 0.05) is 28.3 Å². The highest BCUT2D eigenvalue weighted by Gasteiger charge is 2.08. The van der Waals surface area contributed by atoms with Gasteiger partial charge in [-0.1, -0.05) is 0 Å². The molecule has 0 aliphatic carbocycles. The van der Waals surface area contributed by atoms with E-state index in [2.05, 4.69) is 15.3 Å². The van der Waals surface area contributed by atoms with E-state index in [0.717, 1.165) is 10.6 Å². The Morgan fingerprint density at radius 2 is 1.95 bits per heavy atom. The molecule has 2 aromatic rings. The van der Waals surface area contributed by atoms with E-state index in [-0.39, 0.29) is 17.9 Å². The number of H-pyrrole nitrogens is 2. The number of carbonyl (C=O) groups is 1. The van der Waals surface area contributed by atoms with Crippen LogP contribution >= 0.6 is 24.0 Å². The van der Waals surface area contributed by atoms with Crippen molar-refractivity contribution in [3.63, 3.8) is 0 Å². The first-order valence-corrected chi connectivity index (χ1v) is 8.39. The van der Waals surface area contributed by atoms with Gasteiger partial charge in [-0.15, -0.1) is 11.8 Å². The van der Waals surface area contributed by atoms with Gasteiger partial charge < -0.3 is 10.3 Å². The number of amides is 1. The Bertz CT molecular complexity index is 779. The van der Waals surface area contributed by atoms with Crippen LogP contribution in [-0.2, 0) is 11.2 Å². The molecule has 1 aromatic carbocycles. The van der Waals surface area contributed by atoms with E-state index in [1.54, 1.807) is 18.7 Å². The number of benzene rings is 1. The van der Waals surface area contributed by atoms with Crippen LogP contribution in [0.25, 0.3) is 0 Å². The number of rotatable bonds is 5. The molecule has 0 aliphatic heterocycles. The van der Waals surface area contributed by atoms with Gasteiger partial charge in [0.25, 0.3) is 5.56 Å². The normalized spacial score (nSPS) is 10.5. The van der Waals surface area contributed by atoms with Crippen LogP contribution in [-0.4, -0.2) is 22.1 Å². The fraction of sp³-hybridized carbons (Fsp3) is 0.267. The second kappa shape index (κ2) is 7.42. The molecule has 0 atom stereocenters. The number of aryl methyl sites for hydroxylation is 1. The molecule has 0 saturated heterocycles. The lowest BCUT2D eigenvalue weighted by molar-refractivity contribution is -0.116. The number of aromatic nitrogens is 2. The molecular formula is C15H17N3O2S2. The third-order valence-corrected chi connectivity index (χ3v) is 4.18. The van der Waals surface area contributed by atoms with Crippen molar-refractivity contribution in [3.05, 3.63) is 50.6 Å². The molecule has 22 heavy (non-hydrogen) atoms. The van der Waals surface area contributed by atoms with Crippen molar-refractivity contribution < 1.29 is 4.79 Å². The maximum Gasteiger partial charge on any atom is 0.255 e. The molecule has 0 radical (unpaired) electrons. The fourth-order valence-corrected chi connectivity index (χ4v) is 2.72. The highest BCUT2D eigenvalue weighted by atomic mass is 32.2. The molecule has 1 aromatic heterocycles. The summed E-state index contributed by atoms with van der Waals surface area (Å²) in [5.41, 5.74) is 1.77. The largest absolute Gasteiger partial charge is 0.336 e. The zero-order chi connectivity index (χ0) is 16.1. The third-order valence-electron chi connectivity index (χ3n) is 3.23. The van der Waals surface area contributed by atoms with Crippen molar-refractivity contribution in [2.45, 2.75) is 24.7 Å². The van der Waals surface area contributed by atoms with Crippen LogP contribution in [0.5, 0.6) is 0 Å². The van der Waals surface area contributed by atoms with Crippen LogP contribution in [0.3, 0.4) is 0 Å². The summed E-state index contributed by atoms with van der Waals surface area (Å²) in [4.78, 5) is 30.4. The van der Waals surface area contributed by atoms with Crippen LogP contribution in [0.15, 0.2) is 34.0 Å². The molecule has 0 saturated carbocycles. The maximum atomic E-state index is 12.0. The van der Waals surface area contributed by atoms with Crippen molar-refractivity contribution >= 4 is 35.6 Å². The third kappa shape index (κ3) is 4.32. The summed E-state index contributed by atoms with van der Waals surface area (Å²) in [6.45, 7) is 1.78. The van der Waals surface area contributed by atoms with Crippen molar-refractivity contribution in [2.24, 2.45) is 0 Å². The minimum absolute atomic E-state index is 0.127. The molecule has 0 unspecified atom stereocenters. The molecule has 116 valence electrons. The Kier molecular flexibility index (Phi) is 5.57. The Morgan fingerprint density at radius 1 is 1.27 bits per heavy atom. The van der Waals surface area contributed by atoms with Gasteiger partial charge in [0.15, 0.2) is 4.77 Å². The lowest BCUT2D eigenvalue weighted by Gasteiger charge is -2.07. The number of anilines is 1. The van der Waals surface area contributed by atoms with Crippen molar-refractivity contribution in [2.75, 3.05) is 11.6 Å². The van der Waals surface area contributed by atoms with Crippen LogP contribution < -0.4 is 10.9 Å². The number of thioether (sulfide) groups is 1. The zero-order valence-electron chi connectivity index (χ0n) is 12.4. The van der Waals surface area contributed by atoms with Gasteiger partial charge in [0.05, 0.1) is 0 Å². The topological polar surface area (TPSA) is 77.8 Å². The van der Waals surface area contributed by atoms with Crippen LogP contribution in [0, 0.1) is 11.7 Å². The number of hydrogen-bond donors (Lipinski definition) is 3. The predicted octanol–water partition coefficient (Wildman–Crippen LogP) is 3.03. The Morgan fingerprint density at radius 3 is 2.55 bits per heavy atom. The second-order valence-corrected chi connectivity index (χ2v) is 6.08. The van der Waals surface area contributed by atoms with E-state index >= 15 is 0 Å². The van der Waals surface area contributed by atoms with E-state index < -0.39 is 0 Å². The van der Waals surface area contributed by atoms with Crippen molar-refractivity contribution in [1.82, 2.24) is 9.97 Å². The minimum atomic E-state index is -0.238. The summed E-state index contributed by atoms with van der Waals surface area (Å²) in [5.74, 6) is -0.127. The Balaban J connectivity index is 1.98. The number of nitrogens with one attached hydrogen (secondary N) is 3. The van der Waals surface area contributed by atoms with E-state index in [9.17, 15) is 9.59 Å². The number of aromatic amines is 2. The SMILES string of the molecule is CSc1ccc(NC(=O)CCc2c(C)[nH]c(=S)[nH]c2=O)cc1. The lowest BCUT2D eigenvalue weighted by Crippen LogP contribution is -2.19. The summed E-state index contributed by atoms with van der Waals surface area (Å²) >= 11 is 6.54. The van der Waals surface area contributed by atoms with E-state index in [1.807, 2.05) is 30.5 Å². The average molecular weight is 335 g/mol. The lowest BCUT2D eigenvalue weighted by atomic mass is 10.1. The minimum Gasteiger partial charge on any atom is -0.336 e. The van der Waals surface area contributed by atoms with Gasteiger partial charge in [-0.3, -0.25) is 14.6 Å². The first-order valence-electron chi connectivity index (χ1n) is 6.75. The van der Waals surface area contributed by atoms with Gasteiger partial charge in [-0.2, -0.15) is 0 Å². The standard InChI is InChI=1S/C15H17N3O2S2/c1-9-12(14(20)18-15(21)16-9)7-8-13(19)17-10-3-5-11(22-2)6-4-10/h3-6H,7-8H2,1-2H3,(H,17,19)(H2,16,18,20,21). The van der Waals surface area contributed by atoms with Crippen LogP contribution in [0.4, 0.5) is 5.69 Å². The summed E-state index contributed by atoms with van der Waals surface area (Å²) in [6, 6.07) is 7.63. The molecule has 5 nitrogen and oxygen atoms in total. The number of hydrogen-bond acceptors (Lipinski definition) is 4. The van der Waals surface area contributed by atoms with Crippen molar-refractivity contribution in [1.29, 1.82) is 0 Å². The van der Waals surface area contributed by atoms with E-state index in [4.69, 9.17) is 12.2 Å². The Hall–Kier alpha value is -1.86. The van der Waals surface area contributed by atoms with Gasteiger partial charge >= 0.3 is 0 Å². The average Bonchev–Trinajstić information content (AvgIpc) is 2.47. The van der Waals surface area contributed by atoms with Crippen molar-refractivity contribution in [3.8, 4) is 0 Å². The van der Waals surface area contributed by atoms with E-state index in [0.29, 0.717) is 22.4 Å². The maximum absolute atomic E-state index is 12.0. The van der Waals surface area contributed by atoms with Crippen LogP contribution in [0.1, 0.15) is 17.7 Å². The van der Waals surface area contributed by atoms with Gasteiger partial charge in [-0.05, 0) is 56.1 Å². The van der Waals surface area contributed by atoms with Gasteiger partial charge in [0.1, 0.15) is 0 Å². The highest BCUT2D eigenvalue weighted by molar-refractivity contribution is 7.98. The molecule has 1 amide bonds. The highest BCUT2D eigenvalue weighted by Crippen LogP contribution is 2.17. The summed E-state index contributed by atoms with van der Waals surface area (Å²) in [7, 11) is 0. The summed E-state index contributed by atoms with van der Waals surface area (Å²) in [6.07, 6.45) is 2.60. The Labute approximate surface area is 137 Å². The first kappa shape index (κ1) is 16.5. The zero-order valence-corrected chi connectivity index (χ0v) is 14.0. The molecule has 0 aliphatic rings. The van der Waals surface area contributed by atoms with Gasteiger partial charge in [-0.25, -0.2) is 0 Å². The summed E-state index contributed by atoms with van der Waals surface area (Å²) < 4.78 is 0.296. The van der Waals surface area contributed by atoms with Crippen LogP contribution in [0.2, 0.25) is 0 Å². The molecular weight excluding hydrogens is 318 g/mol.